The first-order valence-corrected chi connectivity index (χ1v) is 10.2. The normalized spacial score (nSPS) is 18.7. The molecule has 0 bridgehead atoms. The Bertz CT molecular complexity index is 1120. The summed E-state index contributed by atoms with van der Waals surface area (Å²) in [6.07, 6.45) is -5.09. The summed E-state index contributed by atoms with van der Waals surface area (Å²) in [7, 11) is 0. The molecule has 0 unspecified atom stereocenters. The number of amides is 2. The Balaban J connectivity index is 1.81. The average Bonchev–Trinajstić information content (AvgIpc) is 3.38. The Morgan fingerprint density at radius 3 is 2.23 bits per heavy atom. The zero-order valence-corrected chi connectivity index (χ0v) is 16.8. The molecule has 3 aromatic rings. The number of rotatable bonds is 5. The predicted octanol–water partition coefficient (Wildman–Crippen LogP) is 2.31. The van der Waals surface area contributed by atoms with Crippen molar-refractivity contribution in [1.29, 1.82) is 0 Å². The molecule has 1 atom stereocenters. The van der Waals surface area contributed by atoms with Gasteiger partial charge in [0, 0.05) is 0 Å². The number of alkyl halides is 3. The standard InChI is InChI=1S/C22H16F3N3O2S/c23-22(24,25)21(27-19(29)17-12-7-13-31-17)20(30)28(14-15-8-3-1-4-9-15)18(26-21)16-10-5-2-6-11-16/h1-13H,14H2,(H,27,29)/p+1/t21-/m1/s1. The van der Waals surface area contributed by atoms with Crippen molar-refractivity contribution in [2.24, 2.45) is 0 Å². The minimum atomic E-state index is -5.09. The number of hydrogen-bond acceptors (Lipinski definition) is 3. The molecular weight excluding hydrogens is 427 g/mol. The summed E-state index contributed by atoms with van der Waals surface area (Å²) in [5, 5.41) is 3.50. The molecule has 1 aromatic heterocycles. The third-order valence-electron chi connectivity index (χ3n) is 4.84. The molecule has 0 aliphatic carbocycles. The topological polar surface area (TPSA) is 63.4 Å². The lowest BCUT2D eigenvalue weighted by molar-refractivity contribution is -0.580. The van der Waals surface area contributed by atoms with Crippen molar-refractivity contribution in [3.63, 3.8) is 0 Å². The molecule has 0 saturated carbocycles. The van der Waals surface area contributed by atoms with Crippen LogP contribution in [0.3, 0.4) is 0 Å². The van der Waals surface area contributed by atoms with Gasteiger partial charge < -0.3 is 0 Å². The lowest BCUT2D eigenvalue weighted by Gasteiger charge is -2.24. The van der Waals surface area contributed by atoms with Crippen LogP contribution in [0.25, 0.3) is 0 Å². The summed E-state index contributed by atoms with van der Waals surface area (Å²) in [5.74, 6) is -2.31. The summed E-state index contributed by atoms with van der Waals surface area (Å²) < 4.78 is 43.0. The molecule has 2 N–H and O–H groups in total. The van der Waals surface area contributed by atoms with E-state index in [2.05, 4.69) is 4.99 Å². The van der Waals surface area contributed by atoms with E-state index in [9.17, 15) is 22.8 Å². The van der Waals surface area contributed by atoms with Crippen LogP contribution in [0, 0.1) is 0 Å². The van der Waals surface area contributed by atoms with Crippen molar-refractivity contribution in [1.82, 2.24) is 10.2 Å². The van der Waals surface area contributed by atoms with Crippen molar-refractivity contribution in [3.05, 3.63) is 94.2 Å². The van der Waals surface area contributed by atoms with Crippen LogP contribution in [0.4, 0.5) is 13.2 Å². The first-order chi connectivity index (χ1) is 14.8. The second-order valence-electron chi connectivity index (χ2n) is 6.90. The number of benzene rings is 2. The minimum Gasteiger partial charge on any atom is -0.293 e. The highest BCUT2D eigenvalue weighted by Crippen LogP contribution is 2.31. The lowest BCUT2D eigenvalue weighted by atomic mass is 10.1. The van der Waals surface area contributed by atoms with E-state index in [0.29, 0.717) is 11.1 Å². The van der Waals surface area contributed by atoms with Gasteiger partial charge in [-0.3, -0.25) is 10.1 Å². The Morgan fingerprint density at radius 2 is 1.65 bits per heavy atom. The first-order valence-electron chi connectivity index (χ1n) is 9.31. The molecule has 0 spiro atoms. The number of halogens is 3. The van der Waals surface area contributed by atoms with Crippen LogP contribution < -0.4 is 10.3 Å². The number of nitrogens with zero attached hydrogens (tertiary/aromatic N) is 1. The van der Waals surface area contributed by atoms with Gasteiger partial charge in [0.15, 0.2) is 0 Å². The number of carbonyl (C=O) groups is 2. The number of hydrogen-bond donors (Lipinski definition) is 2. The van der Waals surface area contributed by atoms with Crippen LogP contribution in [-0.4, -0.2) is 34.4 Å². The van der Waals surface area contributed by atoms with Crippen molar-refractivity contribution < 1.29 is 27.8 Å². The van der Waals surface area contributed by atoms with Crippen LogP contribution in [0.1, 0.15) is 20.8 Å². The van der Waals surface area contributed by atoms with E-state index in [1.165, 1.54) is 6.07 Å². The van der Waals surface area contributed by atoms with Gasteiger partial charge in [-0.2, -0.15) is 18.1 Å². The summed E-state index contributed by atoms with van der Waals surface area (Å²) in [4.78, 5) is 29.2. The highest BCUT2D eigenvalue weighted by molar-refractivity contribution is 7.12. The van der Waals surface area contributed by atoms with Gasteiger partial charge in [-0.05, 0) is 29.1 Å². The van der Waals surface area contributed by atoms with E-state index in [0.717, 1.165) is 16.2 Å². The molecule has 158 valence electrons. The van der Waals surface area contributed by atoms with Crippen LogP contribution in [0.2, 0.25) is 0 Å². The predicted molar refractivity (Wildman–Crippen MR) is 109 cm³/mol. The van der Waals surface area contributed by atoms with Gasteiger partial charge in [-0.15, -0.1) is 11.3 Å². The zero-order valence-electron chi connectivity index (χ0n) is 16.0. The van der Waals surface area contributed by atoms with Crippen molar-refractivity contribution in [2.45, 2.75) is 18.4 Å². The Kier molecular flexibility index (Phi) is 5.36. The van der Waals surface area contributed by atoms with Crippen molar-refractivity contribution in [3.8, 4) is 0 Å². The molecule has 0 saturated heterocycles. The van der Waals surface area contributed by atoms with Gasteiger partial charge in [0.25, 0.3) is 11.7 Å². The van der Waals surface area contributed by atoms with Crippen LogP contribution in [0.15, 0.2) is 78.2 Å². The molecule has 2 heterocycles. The Hall–Kier alpha value is -3.46. The molecule has 2 aromatic carbocycles. The Labute approximate surface area is 179 Å². The lowest BCUT2D eigenvalue weighted by Crippen LogP contribution is -2.96. The van der Waals surface area contributed by atoms with Gasteiger partial charge in [0.2, 0.25) is 0 Å². The SMILES string of the molecule is O=C(N[C@]1(C(F)(F)F)[NH+]=C(c2ccccc2)N(Cc2ccccc2)C1=O)c1cccs1. The maximum Gasteiger partial charge on any atom is 0.465 e. The average molecular weight is 444 g/mol. The van der Waals surface area contributed by atoms with Crippen molar-refractivity contribution in [2.75, 3.05) is 0 Å². The van der Waals surface area contributed by atoms with Crippen LogP contribution >= 0.6 is 11.3 Å². The molecule has 9 heteroatoms. The summed E-state index contributed by atoms with van der Waals surface area (Å²) in [6, 6.07) is 19.9. The zero-order chi connectivity index (χ0) is 22.1. The van der Waals surface area contributed by atoms with E-state index in [1.807, 2.05) is 5.32 Å². The third kappa shape index (κ3) is 3.84. The van der Waals surface area contributed by atoms with Crippen molar-refractivity contribution >= 4 is 29.0 Å². The third-order valence-corrected chi connectivity index (χ3v) is 5.71. The first kappa shape index (κ1) is 20.8. The maximum atomic E-state index is 14.3. The smallest absolute Gasteiger partial charge is 0.293 e. The molecule has 31 heavy (non-hydrogen) atoms. The highest BCUT2D eigenvalue weighted by Gasteiger charge is 2.72. The minimum absolute atomic E-state index is 0.0294. The summed E-state index contributed by atoms with van der Waals surface area (Å²) >= 11 is 0.987. The molecule has 0 fully saturated rings. The molecule has 4 rings (SSSR count). The van der Waals surface area contributed by atoms with Crippen LogP contribution in [-0.2, 0) is 11.3 Å². The molecule has 1 aliphatic heterocycles. The van der Waals surface area contributed by atoms with Gasteiger partial charge >= 0.3 is 17.7 Å². The molecule has 0 radical (unpaired) electrons. The van der Waals surface area contributed by atoms with E-state index in [1.54, 1.807) is 72.1 Å². The van der Waals surface area contributed by atoms with E-state index >= 15 is 0 Å². The van der Waals surface area contributed by atoms with Gasteiger partial charge in [-0.1, -0.05) is 54.6 Å². The fourth-order valence-electron chi connectivity index (χ4n) is 3.33. The van der Waals surface area contributed by atoms with Gasteiger partial charge in [0.1, 0.15) is 6.54 Å². The largest absolute Gasteiger partial charge is 0.465 e. The van der Waals surface area contributed by atoms with E-state index in [4.69, 9.17) is 0 Å². The van der Waals surface area contributed by atoms with Gasteiger partial charge in [-0.25, -0.2) is 9.79 Å². The fraction of sp³-hybridized carbons (Fsp3) is 0.136. The molecule has 1 aliphatic rings. The quantitative estimate of drug-likeness (QED) is 0.635. The molecule has 2 amide bonds. The van der Waals surface area contributed by atoms with Crippen LogP contribution in [0.5, 0.6) is 0 Å². The summed E-state index contributed by atoms with van der Waals surface area (Å²) in [6.45, 7) is -0.0936. The highest BCUT2D eigenvalue weighted by atomic mass is 32.1. The monoisotopic (exact) mass is 444 g/mol. The fourth-order valence-corrected chi connectivity index (χ4v) is 3.95. The number of thiophene rings is 1. The van der Waals surface area contributed by atoms with E-state index in [-0.39, 0.29) is 17.3 Å². The summed E-state index contributed by atoms with van der Waals surface area (Å²) in [5.41, 5.74) is -2.24. The number of amidine groups is 1. The maximum absolute atomic E-state index is 14.3. The van der Waals surface area contributed by atoms with E-state index < -0.39 is 23.7 Å². The van der Waals surface area contributed by atoms with Gasteiger partial charge in [0.05, 0.1) is 10.4 Å². The number of nitrogens with one attached hydrogen (secondary N) is 2. The molecule has 5 nitrogen and oxygen atoms in total. The second-order valence-corrected chi connectivity index (χ2v) is 7.84. The Morgan fingerprint density at radius 1 is 1.00 bits per heavy atom. The number of carbonyl (C=O) groups excluding carboxylic acids is 2. The molecular formula is C22H17F3N3O2S+. The second kappa shape index (κ2) is 7.99.